The van der Waals surface area contributed by atoms with E-state index in [0.29, 0.717) is 0 Å². The van der Waals surface area contributed by atoms with E-state index >= 15 is 0 Å². The summed E-state index contributed by atoms with van der Waals surface area (Å²) < 4.78 is 15.4. The van der Waals surface area contributed by atoms with E-state index in [-0.39, 0.29) is 17.9 Å². The molecular weight excluding hydrogens is 406 g/mol. The highest BCUT2D eigenvalue weighted by Gasteiger charge is 2.93. The van der Waals surface area contributed by atoms with Crippen molar-refractivity contribution < 1.29 is 38.2 Å². The van der Waals surface area contributed by atoms with E-state index in [1.54, 1.807) is 39.8 Å². The van der Waals surface area contributed by atoms with Crippen LogP contribution >= 0.6 is 0 Å². The summed E-state index contributed by atoms with van der Waals surface area (Å²) in [6.07, 6.45) is -0.973. The first-order valence-corrected chi connectivity index (χ1v) is 9.86. The number of imide groups is 1. The Morgan fingerprint density at radius 1 is 1.13 bits per heavy atom. The molecule has 1 heterocycles. The molecule has 0 saturated heterocycles. The topological polar surface area (TPSA) is 116 Å². The number of amides is 2. The highest BCUT2D eigenvalue weighted by Crippen LogP contribution is 2.75. The van der Waals surface area contributed by atoms with Crippen LogP contribution in [0.5, 0.6) is 0 Å². The van der Waals surface area contributed by atoms with Crippen molar-refractivity contribution in [3.8, 4) is 0 Å². The van der Waals surface area contributed by atoms with E-state index in [4.69, 9.17) is 14.2 Å². The highest BCUT2D eigenvalue weighted by molar-refractivity contribution is 6.32. The molecule has 0 N–H and O–H groups in total. The molecule has 166 valence electrons. The van der Waals surface area contributed by atoms with Gasteiger partial charge >= 0.3 is 18.0 Å². The number of ether oxygens (including phenoxy) is 3. The van der Waals surface area contributed by atoms with E-state index < -0.39 is 52.1 Å². The maximum Gasteiger partial charge on any atom is 0.421 e. The molecule has 2 aliphatic rings. The van der Waals surface area contributed by atoms with Crippen molar-refractivity contribution in [1.29, 1.82) is 0 Å². The summed E-state index contributed by atoms with van der Waals surface area (Å²) in [6.45, 7) is 7.52. The number of nitrogens with zero attached hydrogens (tertiary/aromatic N) is 1. The van der Waals surface area contributed by atoms with E-state index in [1.807, 2.05) is 0 Å². The summed E-state index contributed by atoms with van der Waals surface area (Å²) in [5.74, 6) is -5.02. The molecule has 2 amide bonds. The van der Waals surface area contributed by atoms with Crippen molar-refractivity contribution in [2.24, 2.45) is 11.3 Å². The molecule has 1 aromatic rings. The number of fused-ring (bicyclic) bond motifs is 2. The third kappa shape index (κ3) is 2.79. The normalized spacial score (nSPS) is 26.3. The van der Waals surface area contributed by atoms with Gasteiger partial charge in [0.15, 0.2) is 5.41 Å². The number of carbonyl (C=O) groups is 5. The predicted octanol–water partition coefficient (Wildman–Crippen LogP) is 2.15. The van der Waals surface area contributed by atoms with Crippen LogP contribution in [0, 0.1) is 11.3 Å². The van der Waals surface area contributed by atoms with Crippen LogP contribution < -0.4 is 4.90 Å². The van der Waals surface area contributed by atoms with Gasteiger partial charge in [-0.3, -0.25) is 19.2 Å². The minimum Gasteiger partial charge on any atom is -0.469 e. The minimum absolute atomic E-state index is 0.0660. The number of rotatable bonds is 4. The van der Waals surface area contributed by atoms with Crippen LogP contribution in [0.25, 0.3) is 0 Å². The van der Waals surface area contributed by atoms with E-state index in [0.717, 1.165) is 18.9 Å². The van der Waals surface area contributed by atoms with Crippen molar-refractivity contribution in [2.45, 2.75) is 45.6 Å². The Morgan fingerprint density at radius 3 is 2.26 bits per heavy atom. The number of anilines is 1. The Kier molecular flexibility index (Phi) is 5.20. The van der Waals surface area contributed by atoms with Gasteiger partial charge in [-0.25, -0.2) is 9.69 Å². The summed E-state index contributed by atoms with van der Waals surface area (Å²) in [4.78, 5) is 66.2. The molecule has 1 fully saturated rings. The number of hydrogen-bond donors (Lipinski definition) is 0. The molecule has 1 aliphatic carbocycles. The Morgan fingerprint density at radius 2 is 1.74 bits per heavy atom. The van der Waals surface area contributed by atoms with Gasteiger partial charge in [0.25, 0.3) is 0 Å². The van der Waals surface area contributed by atoms with Crippen molar-refractivity contribution in [3.63, 3.8) is 0 Å². The van der Waals surface area contributed by atoms with Crippen LogP contribution in [0.1, 0.15) is 40.2 Å². The fourth-order valence-electron chi connectivity index (χ4n) is 4.65. The fraction of sp³-hybridized carbons (Fsp3) is 0.500. The third-order valence-electron chi connectivity index (χ3n) is 5.68. The second-order valence-electron chi connectivity index (χ2n) is 8.49. The lowest BCUT2D eigenvalue weighted by atomic mass is 9.84. The number of esters is 2. The van der Waals surface area contributed by atoms with Gasteiger partial charge < -0.3 is 14.2 Å². The van der Waals surface area contributed by atoms with Gasteiger partial charge in [0.1, 0.15) is 22.7 Å². The number of para-hydroxylation sites is 1. The molecule has 9 nitrogen and oxygen atoms in total. The summed E-state index contributed by atoms with van der Waals surface area (Å²) in [5, 5.41) is 0. The molecule has 1 aromatic carbocycles. The zero-order valence-electron chi connectivity index (χ0n) is 18.3. The maximum atomic E-state index is 13.8. The van der Waals surface area contributed by atoms with Gasteiger partial charge in [-0.15, -0.1) is 0 Å². The van der Waals surface area contributed by atoms with Crippen molar-refractivity contribution in [2.75, 3.05) is 18.6 Å². The summed E-state index contributed by atoms with van der Waals surface area (Å²) >= 11 is 0. The SMILES string of the molecule is CCOC(=O)[C@]1(C(C)=O)[C@@H](C(=O)OC)[C@@]12C(=O)N(C(=O)OC(C)(C)C)c1ccccc12. The first-order valence-electron chi connectivity index (χ1n) is 9.86. The smallest absolute Gasteiger partial charge is 0.421 e. The van der Waals surface area contributed by atoms with E-state index in [2.05, 4.69) is 0 Å². The molecule has 3 atom stereocenters. The zero-order chi connectivity index (χ0) is 23.4. The first-order chi connectivity index (χ1) is 14.4. The molecule has 0 radical (unpaired) electrons. The second kappa shape index (κ2) is 7.18. The van der Waals surface area contributed by atoms with E-state index in [1.165, 1.54) is 12.1 Å². The average molecular weight is 431 g/mol. The lowest BCUT2D eigenvalue weighted by molar-refractivity contribution is -0.158. The number of hydrogen-bond acceptors (Lipinski definition) is 8. The van der Waals surface area contributed by atoms with Gasteiger partial charge in [-0.1, -0.05) is 18.2 Å². The van der Waals surface area contributed by atoms with Crippen LogP contribution in [0.4, 0.5) is 10.5 Å². The van der Waals surface area contributed by atoms with Crippen LogP contribution in [0.3, 0.4) is 0 Å². The quantitative estimate of drug-likeness (QED) is 0.404. The average Bonchev–Trinajstić information content (AvgIpc) is 3.25. The molecule has 0 bridgehead atoms. The lowest BCUT2D eigenvalue weighted by Gasteiger charge is -2.24. The Balaban J connectivity index is 2.29. The lowest BCUT2D eigenvalue weighted by Crippen LogP contribution is -2.45. The number of methoxy groups -OCH3 is 1. The number of ketones is 1. The molecule has 0 aromatic heterocycles. The van der Waals surface area contributed by atoms with E-state index in [9.17, 15) is 24.0 Å². The third-order valence-corrected chi connectivity index (χ3v) is 5.68. The van der Waals surface area contributed by atoms with Crippen LogP contribution in [-0.4, -0.2) is 49.0 Å². The molecule has 1 saturated carbocycles. The monoisotopic (exact) mass is 431 g/mol. The van der Waals surface area contributed by atoms with Crippen LogP contribution in [0.2, 0.25) is 0 Å². The minimum atomic E-state index is -2.14. The summed E-state index contributed by atoms with van der Waals surface area (Å²) in [5.41, 5.74) is -4.66. The molecule has 0 unspecified atom stereocenters. The molecular formula is C22H25NO8. The standard InChI is InChI=1S/C22H25NO8/c1-7-30-18(27)21(12(2)24)15(16(25)29-6)22(21)13-10-8-9-11-14(13)23(17(22)26)19(28)31-20(3,4)5/h8-11,15H,7H2,1-6H3/t15-,21+,22+/m1/s1. The fourth-order valence-corrected chi connectivity index (χ4v) is 4.65. The highest BCUT2D eigenvalue weighted by atomic mass is 16.6. The van der Waals surface area contributed by atoms with Gasteiger partial charge in [0.05, 0.1) is 19.4 Å². The van der Waals surface area contributed by atoms with Crippen LogP contribution in [0.15, 0.2) is 24.3 Å². The summed E-state index contributed by atoms with van der Waals surface area (Å²) in [7, 11) is 1.10. The molecule has 3 rings (SSSR count). The Bertz CT molecular complexity index is 993. The van der Waals surface area contributed by atoms with Gasteiger partial charge in [-0.05, 0) is 46.2 Å². The molecule has 31 heavy (non-hydrogen) atoms. The Hall–Kier alpha value is -3.23. The number of benzene rings is 1. The van der Waals surface area contributed by atoms with Crippen molar-refractivity contribution in [1.82, 2.24) is 0 Å². The molecule has 1 aliphatic heterocycles. The second-order valence-corrected chi connectivity index (χ2v) is 8.49. The summed E-state index contributed by atoms with van der Waals surface area (Å²) in [6, 6.07) is 6.19. The number of Topliss-reactive ketones (excluding diaryl/α,β-unsaturated/α-hetero) is 1. The van der Waals surface area contributed by atoms with Crippen LogP contribution in [-0.2, 0) is 38.8 Å². The first kappa shape index (κ1) is 22.5. The van der Waals surface area contributed by atoms with Crippen molar-refractivity contribution in [3.05, 3.63) is 29.8 Å². The maximum absolute atomic E-state index is 13.8. The largest absolute Gasteiger partial charge is 0.469 e. The van der Waals surface area contributed by atoms with Crippen molar-refractivity contribution >= 4 is 35.4 Å². The number of carbonyl (C=O) groups excluding carboxylic acids is 5. The Labute approximate surface area is 179 Å². The van der Waals surface area contributed by atoms with Gasteiger partial charge in [0.2, 0.25) is 5.91 Å². The van der Waals surface area contributed by atoms with Gasteiger partial charge in [-0.2, -0.15) is 0 Å². The predicted molar refractivity (Wildman–Crippen MR) is 107 cm³/mol. The molecule has 9 heteroatoms. The molecule has 1 spiro atoms. The van der Waals surface area contributed by atoms with Gasteiger partial charge in [0, 0.05) is 0 Å². The zero-order valence-corrected chi connectivity index (χ0v) is 18.3.